The summed E-state index contributed by atoms with van der Waals surface area (Å²) in [4.78, 5) is 17.4. The molecule has 3 aromatic carbocycles. The number of rotatable bonds is 7. The van der Waals surface area contributed by atoms with E-state index in [4.69, 9.17) is 4.98 Å². The number of carbonyl (C=O) groups excluding carboxylic acids is 1. The zero-order chi connectivity index (χ0) is 24.4. The number of hydrogen-bond donors (Lipinski definition) is 1. The van der Waals surface area contributed by atoms with Crippen molar-refractivity contribution in [2.45, 2.75) is 32.5 Å². The number of thiazole rings is 1. The molecule has 0 atom stereocenters. The molecule has 1 amide bonds. The van der Waals surface area contributed by atoms with Gasteiger partial charge in [-0.3, -0.25) is 4.79 Å². The molecule has 5 rings (SSSR count). The summed E-state index contributed by atoms with van der Waals surface area (Å²) in [7, 11) is 0. The normalized spacial score (nSPS) is 11.2. The zero-order valence-corrected chi connectivity index (χ0v) is 21.4. The fraction of sp³-hybridized carbons (Fsp3) is 0.185. The molecule has 2 heterocycles. The second kappa shape index (κ2) is 10.0. The van der Waals surface area contributed by atoms with E-state index in [-0.39, 0.29) is 11.7 Å². The Morgan fingerprint density at radius 3 is 2.60 bits per heavy atom. The topological polar surface area (TPSA) is 72.7 Å². The minimum Gasteiger partial charge on any atom is -0.325 e. The lowest BCUT2D eigenvalue weighted by atomic mass is 10.1. The summed E-state index contributed by atoms with van der Waals surface area (Å²) in [6.07, 6.45) is 0. The first-order valence-corrected chi connectivity index (χ1v) is 13.2. The van der Waals surface area contributed by atoms with E-state index in [9.17, 15) is 4.79 Å². The van der Waals surface area contributed by atoms with Crippen molar-refractivity contribution in [2.75, 3.05) is 11.1 Å². The first-order valence-electron chi connectivity index (χ1n) is 11.4. The fourth-order valence-corrected chi connectivity index (χ4v) is 5.75. The second-order valence-corrected chi connectivity index (χ2v) is 10.2. The smallest absolute Gasteiger partial charge is 0.234 e. The van der Waals surface area contributed by atoms with Gasteiger partial charge in [-0.1, -0.05) is 42.1 Å². The summed E-state index contributed by atoms with van der Waals surface area (Å²) >= 11 is 3.07. The van der Waals surface area contributed by atoms with E-state index in [0.717, 1.165) is 50.4 Å². The van der Waals surface area contributed by atoms with Gasteiger partial charge in [-0.05, 0) is 68.3 Å². The van der Waals surface area contributed by atoms with Crippen LogP contribution in [-0.4, -0.2) is 31.4 Å². The Bertz CT molecular complexity index is 1500. The Balaban J connectivity index is 1.23. The Hall–Kier alpha value is -3.49. The highest BCUT2D eigenvalue weighted by atomic mass is 32.2. The van der Waals surface area contributed by atoms with Gasteiger partial charge in [0.05, 0.1) is 16.0 Å². The maximum atomic E-state index is 12.6. The number of aryl methyl sites for hydroxylation is 2. The van der Waals surface area contributed by atoms with Crippen LogP contribution in [-0.2, 0) is 11.3 Å². The fourth-order valence-electron chi connectivity index (χ4n) is 3.88. The molecule has 8 heteroatoms. The lowest BCUT2D eigenvalue weighted by Crippen LogP contribution is -2.14. The van der Waals surface area contributed by atoms with Gasteiger partial charge in [0.15, 0.2) is 11.0 Å². The third kappa shape index (κ3) is 4.99. The summed E-state index contributed by atoms with van der Waals surface area (Å²) in [5.41, 5.74) is 6.24. The largest absolute Gasteiger partial charge is 0.325 e. The van der Waals surface area contributed by atoms with Crippen LogP contribution in [0.25, 0.3) is 32.2 Å². The van der Waals surface area contributed by atoms with Gasteiger partial charge in [0, 0.05) is 23.4 Å². The molecule has 0 aliphatic carbocycles. The summed E-state index contributed by atoms with van der Waals surface area (Å²) in [6, 6.07) is 22.2. The first-order chi connectivity index (χ1) is 17.0. The van der Waals surface area contributed by atoms with Crippen LogP contribution < -0.4 is 5.32 Å². The summed E-state index contributed by atoms with van der Waals surface area (Å²) < 4.78 is 3.23. The number of fused-ring (bicyclic) bond motifs is 1. The predicted octanol–water partition coefficient (Wildman–Crippen LogP) is 6.59. The number of benzene rings is 3. The molecule has 0 spiro atoms. The quantitative estimate of drug-likeness (QED) is 0.256. The van der Waals surface area contributed by atoms with E-state index < -0.39 is 0 Å². The Morgan fingerprint density at radius 1 is 1.03 bits per heavy atom. The number of thioether (sulfide) groups is 1. The first kappa shape index (κ1) is 23.3. The van der Waals surface area contributed by atoms with E-state index in [1.54, 1.807) is 11.3 Å². The molecular weight excluding hydrogens is 474 g/mol. The molecule has 0 radical (unpaired) electrons. The molecule has 0 bridgehead atoms. The highest BCUT2D eigenvalue weighted by Gasteiger charge is 2.16. The van der Waals surface area contributed by atoms with Gasteiger partial charge < -0.3 is 9.88 Å². The number of hydrogen-bond acceptors (Lipinski definition) is 6. The molecule has 0 aliphatic heterocycles. The molecule has 0 fully saturated rings. The Morgan fingerprint density at radius 2 is 1.83 bits per heavy atom. The van der Waals surface area contributed by atoms with E-state index in [2.05, 4.69) is 65.1 Å². The third-order valence-electron chi connectivity index (χ3n) is 5.71. The molecular formula is C27H25N5OS2. The summed E-state index contributed by atoms with van der Waals surface area (Å²) in [5, 5.41) is 13.4. The Labute approximate surface area is 212 Å². The van der Waals surface area contributed by atoms with Crippen molar-refractivity contribution in [1.82, 2.24) is 19.7 Å². The lowest BCUT2D eigenvalue weighted by molar-refractivity contribution is -0.113. The van der Waals surface area contributed by atoms with E-state index in [0.29, 0.717) is 0 Å². The van der Waals surface area contributed by atoms with E-state index >= 15 is 0 Å². The number of aromatic nitrogens is 4. The van der Waals surface area contributed by atoms with Gasteiger partial charge in [0.25, 0.3) is 0 Å². The molecule has 176 valence electrons. The van der Waals surface area contributed by atoms with Gasteiger partial charge >= 0.3 is 0 Å². The van der Waals surface area contributed by atoms with Crippen LogP contribution in [0.15, 0.2) is 71.9 Å². The number of carbonyl (C=O) groups is 1. The summed E-state index contributed by atoms with van der Waals surface area (Å²) in [5.74, 6) is 1.00. The van der Waals surface area contributed by atoms with Crippen LogP contribution in [0.4, 0.5) is 5.69 Å². The molecule has 6 nitrogen and oxygen atoms in total. The van der Waals surface area contributed by atoms with Gasteiger partial charge in [-0.2, -0.15) is 0 Å². The van der Waals surface area contributed by atoms with Crippen LogP contribution in [0.5, 0.6) is 0 Å². The van der Waals surface area contributed by atoms with Crippen molar-refractivity contribution < 1.29 is 4.79 Å². The zero-order valence-electron chi connectivity index (χ0n) is 19.8. The van der Waals surface area contributed by atoms with Crippen LogP contribution in [0, 0.1) is 13.8 Å². The Kier molecular flexibility index (Phi) is 6.66. The van der Waals surface area contributed by atoms with Gasteiger partial charge in [0.2, 0.25) is 5.91 Å². The minimum atomic E-state index is -0.0821. The SMILES string of the molecule is CCn1c(SCC(=O)Nc2ccc(-c3nc4ccc(C)cc4s3)cc2)nnc1-c1ccccc1C. The van der Waals surface area contributed by atoms with Gasteiger partial charge in [-0.25, -0.2) is 4.98 Å². The highest BCUT2D eigenvalue weighted by Crippen LogP contribution is 2.31. The van der Waals surface area contributed by atoms with E-state index in [1.807, 2.05) is 42.5 Å². The van der Waals surface area contributed by atoms with Crippen molar-refractivity contribution in [3.63, 3.8) is 0 Å². The molecule has 0 unspecified atom stereocenters. The molecule has 0 saturated carbocycles. The molecule has 35 heavy (non-hydrogen) atoms. The van der Waals surface area contributed by atoms with Gasteiger partial charge in [-0.15, -0.1) is 21.5 Å². The minimum absolute atomic E-state index is 0.0821. The van der Waals surface area contributed by atoms with Crippen molar-refractivity contribution in [1.29, 1.82) is 0 Å². The molecule has 5 aromatic rings. The summed E-state index contributed by atoms with van der Waals surface area (Å²) in [6.45, 7) is 6.94. The van der Waals surface area contributed by atoms with Crippen LogP contribution in [0.3, 0.4) is 0 Å². The molecule has 2 aromatic heterocycles. The number of amides is 1. The van der Waals surface area contributed by atoms with Crippen molar-refractivity contribution >= 4 is 44.9 Å². The van der Waals surface area contributed by atoms with Gasteiger partial charge in [0.1, 0.15) is 5.01 Å². The molecule has 0 saturated heterocycles. The number of nitrogens with one attached hydrogen (secondary N) is 1. The number of nitrogens with zero attached hydrogens (tertiary/aromatic N) is 4. The lowest BCUT2D eigenvalue weighted by Gasteiger charge is -2.09. The van der Waals surface area contributed by atoms with E-state index in [1.165, 1.54) is 22.0 Å². The average Bonchev–Trinajstić information content (AvgIpc) is 3.47. The molecule has 1 N–H and O–H groups in total. The standard InChI is InChI=1S/C27H25N5OS2/c1-4-32-25(21-8-6-5-7-18(21)3)30-31-27(32)34-16-24(33)28-20-12-10-19(11-13-20)26-29-22-14-9-17(2)15-23(22)35-26/h5-15H,4,16H2,1-3H3,(H,28,33). The van der Waals surface area contributed by atoms with Crippen molar-refractivity contribution in [3.8, 4) is 22.0 Å². The molecule has 0 aliphatic rings. The van der Waals surface area contributed by atoms with Crippen LogP contribution in [0.1, 0.15) is 18.1 Å². The van der Waals surface area contributed by atoms with Crippen molar-refractivity contribution in [2.24, 2.45) is 0 Å². The highest BCUT2D eigenvalue weighted by molar-refractivity contribution is 7.99. The monoisotopic (exact) mass is 499 g/mol. The third-order valence-corrected chi connectivity index (χ3v) is 7.74. The maximum absolute atomic E-state index is 12.6. The number of anilines is 1. The van der Waals surface area contributed by atoms with Crippen molar-refractivity contribution in [3.05, 3.63) is 77.9 Å². The second-order valence-electron chi connectivity index (χ2n) is 8.27. The van der Waals surface area contributed by atoms with Crippen LogP contribution >= 0.6 is 23.1 Å². The van der Waals surface area contributed by atoms with Crippen LogP contribution in [0.2, 0.25) is 0 Å². The predicted molar refractivity (Wildman–Crippen MR) is 145 cm³/mol. The maximum Gasteiger partial charge on any atom is 0.234 e. The average molecular weight is 500 g/mol.